The van der Waals surface area contributed by atoms with Crippen LogP contribution in [-0.2, 0) is 17.8 Å². The van der Waals surface area contributed by atoms with Gasteiger partial charge in [-0.2, -0.15) is 5.10 Å². The smallest absolute Gasteiger partial charge is 0.257 e. The van der Waals surface area contributed by atoms with Gasteiger partial charge in [-0.05, 0) is 25.0 Å². The maximum Gasteiger partial charge on any atom is 0.257 e. The van der Waals surface area contributed by atoms with Gasteiger partial charge >= 0.3 is 0 Å². The Labute approximate surface area is 227 Å². The van der Waals surface area contributed by atoms with Crippen LogP contribution >= 0.6 is 11.3 Å². The van der Waals surface area contributed by atoms with Crippen LogP contribution in [0.2, 0.25) is 5.82 Å². The van der Waals surface area contributed by atoms with Crippen molar-refractivity contribution in [2.75, 3.05) is 5.32 Å². The van der Waals surface area contributed by atoms with Gasteiger partial charge in [0.15, 0.2) is 18.5 Å². The van der Waals surface area contributed by atoms with Gasteiger partial charge < -0.3 is 4.57 Å². The van der Waals surface area contributed by atoms with E-state index >= 15 is 4.39 Å². The molecular weight excluding hydrogens is 498 g/mol. The van der Waals surface area contributed by atoms with Crippen LogP contribution in [0.3, 0.4) is 0 Å². The summed E-state index contributed by atoms with van der Waals surface area (Å²) in [5.41, 5.74) is 3.30. The highest BCUT2D eigenvalue weighted by molar-refractivity contribution is 7.13. The number of benzene rings is 1. The second-order valence-corrected chi connectivity index (χ2v) is 11.7. The fraction of sp³-hybridized carbons (Fsp3) is 0.500. The number of nitrogens with zero attached hydrogens (tertiary/aromatic N) is 5. The maximum absolute atomic E-state index is 15.4. The Morgan fingerprint density at radius 2 is 1.87 bits per heavy atom. The highest BCUT2D eigenvalue weighted by Crippen LogP contribution is 2.30. The third-order valence-electron chi connectivity index (χ3n) is 8.13. The Kier molecular flexibility index (Phi) is 7.58. The van der Waals surface area contributed by atoms with Crippen LogP contribution in [0.15, 0.2) is 36.2 Å². The molecule has 0 saturated heterocycles. The van der Waals surface area contributed by atoms with Crippen LogP contribution in [0, 0.1) is 5.82 Å². The first-order chi connectivity index (χ1) is 18.7. The van der Waals surface area contributed by atoms with Gasteiger partial charge in [0, 0.05) is 30.0 Å². The lowest BCUT2D eigenvalue weighted by atomic mass is 9.56. The van der Waals surface area contributed by atoms with Crippen LogP contribution in [0.1, 0.15) is 81.6 Å². The lowest BCUT2D eigenvalue weighted by molar-refractivity contribution is -0.118. The van der Waals surface area contributed by atoms with Gasteiger partial charge in [-0.25, -0.2) is 14.4 Å². The summed E-state index contributed by atoms with van der Waals surface area (Å²) < 4.78 is 19.1. The van der Waals surface area contributed by atoms with Crippen molar-refractivity contribution in [1.82, 2.24) is 24.3 Å². The van der Waals surface area contributed by atoms with Gasteiger partial charge in [0.1, 0.15) is 5.82 Å². The van der Waals surface area contributed by atoms with E-state index in [0.717, 1.165) is 37.8 Å². The first-order valence-corrected chi connectivity index (χ1v) is 15.0. The minimum Gasteiger partial charge on any atom is -0.334 e. The number of anilines is 1. The molecule has 1 unspecified atom stereocenters. The molecule has 4 heterocycles. The van der Waals surface area contributed by atoms with Crippen molar-refractivity contribution < 1.29 is 9.18 Å². The fourth-order valence-corrected chi connectivity index (χ4v) is 6.73. The van der Waals surface area contributed by atoms with Crippen LogP contribution in [0.25, 0.3) is 10.9 Å². The zero-order chi connectivity index (χ0) is 25.9. The number of carbonyl (C=O) groups is 1. The Balaban J connectivity index is 1.30. The van der Waals surface area contributed by atoms with Crippen LogP contribution < -0.4 is 10.8 Å². The van der Waals surface area contributed by atoms with Crippen LogP contribution in [0.5, 0.6) is 0 Å². The number of fused-ring (bicyclic) bond motifs is 2. The molecule has 3 aromatic heterocycles. The quantitative estimate of drug-likeness (QED) is 0.339. The molecule has 4 aromatic rings. The summed E-state index contributed by atoms with van der Waals surface area (Å²) in [6.45, 7) is 0.892. The minimum absolute atomic E-state index is 0.275. The zero-order valence-electron chi connectivity index (χ0n) is 21.7. The molecule has 1 atom stereocenters. The molecule has 0 bridgehead atoms. The molecule has 1 N–H and O–H groups in total. The molecule has 1 saturated carbocycles. The normalized spacial score (nSPS) is 17.8. The molecule has 6 rings (SSSR count). The van der Waals surface area contributed by atoms with Crippen molar-refractivity contribution in [2.24, 2.45) is 0 Å². The number of halogens is 1. The molecule has 198 valence electrons. The van der Waals surface area contributed by atoms with E-state index < -0.39 is 6.04 Å². The molecule has 1 amide bonds. The number of aromatic nitrogens is 5. The van der Waals surface area contributed by atoms with Gasteiger partial charge in [0.05, 0.1) is 22.9 Å². The maximum atomic E-state index is 15.4. The third kappa shape index (κ3) is 5.41. The first kappa shape index (κ1) is 25.3. The summed E-state index contributed by atoms with van der Waals surface area (Å²) in [4.78, 5) is 22.4. The van der Waals surface area contributed by atoms with Gasteiger partial charge in [-0.1, -0.05) is 69.1 Å². The number of nitrogens with one attached hydrogen (secondary N) is 1. The molecule has 7 nitrogen and oxygen atoms in total. The summed E-state index contributed by atoms with van der Waals surface area (Å²) in [5, 5.41) is 10.4. The first-order valence-electron chi connectivity index (χ1n) is 14.1. The molecule has 0 spiro atoms. The molecule has 1 aliphatic heterocycles. The molecule has 10 heteroatoms. The lowest BCUT2D eigenvalue weighted by Gasteiger charge is -2.17. The summed E-state index contributed by atoms with van der Waals surface area (Å²) in [5.74, 6) is 0.0260. The van der Waals surface area contributed by atoms with Crippen LogP contribution in [-0.4, -0.2) is 37.5 Å². The molecule has 1 aliphatic carbocycles. The average Bonchev–Trinajstić information content (AvgIpc) is 3.70. The SMILES string of the molecule is O=C(Nc1nccs1)C(c1ncn2c1CCC2)n1cc2c(F)cc(BC3CCCCCCCCC3)cc2n1. The van der Waals surface area contributed by atoms with E-state index in [9.17, 15) is 4.79 Å². The summed E-state index contributed by atoms with van der Waals surface area (Å²) >= 11 is 1.36. The lowest BCUT2D eigenvalue weighted by Crippen LogP contribution is -2.28. The van der Waals surface area contributed by atoms with Crippen molar-refractivity contribution in [3.63, 3.8) is 0 Å². The average molecular weight is 532 g/mol. The number of rotatable bonds is 6. The standard InChI is InChI=1S/C28H34BFN6OS/c30-22-15-20(29-19-9-6-4-2-1-3-5-7-10-19)16-23-21(22)17-36(34-23)26(27(37)33-28-31-12-14-38-28)25-24-11-8-13-35(24)18-32-25/h12,14-19,26,29H,1-11,13H2,(H,31,33,37). The second kappa shape index (κ2) is 11.4. The third-order valence-corrected chi connectivity index (χ3v) is 8.82. The largest absolute Gasteiger partial charge is 0.334 e. The Morgan fingerprint density at radius 3 is 2.63 bits per heavy atom. The number of amides is 1. The predicted molar refractivity (Wildman–Crippen MR) is 151 cm³/mol. The Hall–Kier alpha value is -3.01. The predicted octanol–water partition coefficient (Wildman–Crippen LogP) is 5.38. The van der Waals surface area contributed by atoms with Gasteiger partial charge in [0.25, 0.3) is 5.91 Å². The van der Waals surface area contributed by atoms with E-state index in [1.54, 1.807) is 29.5 Å². The Morgan fingerprint density at radius 1 is 1.08 bits per heavy atom. The Bertz CT molecular complexity index is 1390. The van der Waals surface area contributed by atoms with E-state index in [-0.39, 0.29) is 11.7 Å². The van der Waals surface area contributed by atoms with Crippen molar-refractivity contribution in [3.05, 3.63) is 53.4 Å². The van der Waals surface area contributed by atoms with Crippen molar-refractivity contribution in [3.8, 4) is 0 Å². The number of aryl methyl sites for hydroxylation is 1. The zero-order valence-corrected chi connectivity index (χ0v) is 22.6. The molecule has 1 aromatic carbocycles. The number of thiazole rings is 1. The number of hydrogen-bond donors (Lipinski definition) is 1. The van der Waals surface area contributed by atoms with E-state index in [1.165, 1.54) is 69.1 Å². The minimum atomic E-state index is -0.804. The summed E-state index contributed by atoms with van der Waals surface area (Å²) in [7, 11) is 0.877. The second-order valence-electron chi connectivity index (χ2n) is 10.8. The molecule has 0 radical (unpaired) electrons. The van der Waals surface area contributed by atoms with Crippen molar-refractivity contribution in [1.29, 1.82) is 0 Å². The summed E-state index contributed by atoms with van der Waals surface area (Å²) in [6, 6.07) is 2.88. The van der Waals surface area contributed by atoms with E-state index in [4.69, 9.17) is 5.10 Å². The molecule has 1 fully saturated rings. The fourth-order valence-electron chi connectivity index (χ4n) is 6.20. The van der Waals surface area contributed by atoms with Crippen LogP contribution in [0.4, 0.5) is 9.52 Å². The van der Waals surface area contributed by atoms with E-state index in [2.05, 4.69) is 19.9 Å². The van der Waals surface area contributed by atoms with E-state index in [0.29, 0.717) is 27.5 Å². The highest BCUT2D eigenvalue weighted by atomic mass is 32.1. The molecular formula is C28H34BFN6OS. The van der Waals surface area contributed by atoms with Gasteiger partial charge in [-0.3, -0.25) is 14.8 Å². The topological polar surface area (TPSA) is 77.6 Å². The number of hydrogen-bond acceptors (Lipinski definition) is 5. The van der Waals surface area contributed by atoms with E-state index in [1.807, 2.05) is 11.4 Å². The monoisotopic (exact) mass is 532 g/mol. The molecule has 38 heavy (non-hydrogen) atoms. The number of carbonyl (C=O) groups excluding carboxylic acids is 1. The highest BCUT2D eigenvalue weighted by Gasteiger charge is 2.32. The van der Waals surface area contributed by atoms with Crippen molar-refractivity contribution >= 4 is 46.0 Å². The number of imidazole rings is 1. The molecule has 2 aliphatic rings. The van der Waals surface area contributed by atoms with Crippen molar-refractivity contribution in [2.45, 2.75) is 89.0 Å². The van der Waals surface area contributed by atoms with Gasteiger partial charge in [0.2, 0.25) is 0 Å². The van der Waals surface area contributed by atoms with Gasteiger partial charge in [-0.15, -0.1) is 11.3 Å². The summed E-state index contributed by atoms with van der Waals surface area (Å²) in [6.07, 6.45) is 18.6.